The molecule has 0 radical (unpaired) electrons. The van der Waals surface area contributed by atoms with Crippen LogP contribution in [-0.4, -0.2) is 37.5 Å². The molecule has 0 aliphatic heterocycles. The number of hydrogen-bond acceptors (Lipinski definition) is 6. The lowest BCUT2D eigenvalue weighted by Gasteiger charge is -2.20. The Morgan fingerprint density at radius 3 is 2.75 bits per heavy atom. The van der Waals surface area contributed by atoms with Gasteiger partial charge in [0, 0.05) is 25.9 Å². The van der Waals surface area contributed by atoms with Gasteiger partial charge in [-0.2, -0.15) is 0 Å². The van der Waals surface area contributed by atoms with Crippen molar-refractivity contribution in [3.63, 3.8) is 0 Å². The SMILES string of the molecule is CNC(=O)CNCc1csc(N(C(C)=O)c2ccccc2OC)n1. The normalized spacial score (nSPS) is 10.3. The summed E-state index contributed by atoms with van der Waals surface area (Å²) in [6.07, 6.45) is 0. The molecular weight excluding hydrogens is 328 g/mol. The Bertz CT molecular complexity index is 717. The Morgan fingerprint density at radius 2 is 2.08 bits per heavy atom. The number of likely N-dealkylation sites (N-methyl/N-ethyl adjacent to an activating group) is 1. The van der Waals surface area contributed by atoms with Crippen molar-refractivity contribution in [2.75, 3.05) is 25.6 Å². The van der Waals surface area contributed by atoms with Gasteiger partial charge in [-0.1, -0.05) is 12.1 Å². The Labute approximate surface area is 144 Å². The molecule has 1 aromatic carbocycles. The number of hydrogen-bond donors (Lipinski definition) is 2. The van der Waals surface area contributed by atoms with E-state index >= 15 is 0 Å². The molecule has 2 amide bonds. The molecule has 2 aromatic rings. The maximum absolute atomic E-state index is 12.1. The predicted molar refractivity (Wildman–Crippen MR) is 93.7 cm³/mol. The number of para-hydroxylation sites is 2. The molecule has 0 bridgehead atoms. The molecule has 2 rings (SSSR count). The van der Waals surface area contributed by atoms with Crippen LogP contribution >= 0.6 is 11.3 Å². The topological polar surface area (TPSA) is 83.6 Å². The first kappa shape index (κ1) is 17.9. The quantitative estimate of drug-likeness (QED) is 0.795. The van der Waals surface area contributed by atoms with E-state index in [1.807, 2.05) is 23.6 Å². The molecule has 2 N–H and O–H groups in total. The first-order chi connectivity index (χ1) is 11.6. The average molecular weight is 348 g/mol. The summed E-state index contributed by atoms with van der Waals surface area (Å²) >= 11 is 1.36. The molecule has 0 aliphatic carbocycles. The van der Waals surface area contributed by atoms with Gasteiger partial charge in [0.15, 0.2) is 5.13 Å². The molecule has 0 aliphatic rings. The van der Waals surface area contributed by atoms with Gasteiger partial charge >= 0.3 is 0 Å². The van der Waals surface area contributed by atoms with E-state index in [9.17, 15) is 9.59 Å². The third kappa shape index (κ3) is 4.30. The number of nitrogens with zero attached hydrogens (tertiary/aromatic N) is 2. The first-order valence-electron chi connectivity index (χ1n) is 7.36. The monoisotopic (exact) mass is 348 g/mol. The third-order valence-corrected chi connectivity index (χ3v) is 4.12. The second-order valence-corrected chi connectivity index (χ2v) is 5.76. The van der Waals surface area contributed by atoms with E-state index in [2.05, 4.69) is 15.6 Å². The number of benzene rings is 1. The fourth-order valence-electron chi connectivity index (χ4n) is 2.09. The molecule has 0 saturated heterocycles. The van der Waals surface area contributed by atoms with Crippen LogP contribution in [0.25, 0.3) is 0 Å². The van der Waals surface area contributed by atoms with Crippen molar-refractivity contribution in [2.45, 2.75) is 13.5 Å². The number of rotatable bonds is 7. The minimum atomic E-state index is -0.154. The number of ether oxygens (including phenoxy) is 1. The maximum Gasteiger partial charge on any atom is 0.233 e. The van der Waals surface area contributed by atoms with Crippen molar-refractivity contribution in [3.8, 4) is 5.75 Å². The highest BCUT2D eigenvalue weighted by atomic mass is 32.1. The summed E-state index contributed by atoms with van der Waals surface area (Å²) < 4.78 is 5.33. The molecule has 0 saturated carbocycles. The summed E-state index contributed by atoms with van der Waals surface area (Å²) in [5, 5.41) is 7.96. The highest BCUT2D eigenvalue weighted by Gasteiger charge is 2.21. The fraction of sp³-hybridized carbons (Fsp3) is 0.312. The average Bonchev–Trinajstić information content (AvgIpc) is 3.03. The first-order valence-corrected chi connectivity index (χ1v) is 8.24. The van der Waals surface area contributed by atoms with E-state index in [1.54, 1.807) is 20.2 Å². The van der Waals surface area contributed by atoms with Gasteiger partial charge in [-0.05, 0) is 12.1 Å². The van der Waals surface area contributed by atoms with Crippen LogP contribution in [0.4, 0.5) is 10.8 Å². The van der Waals surface area contributed by atoms with E-state index < -0.39 is 0 Å². The molecular formula is C16H20N4O3S. The van der Waals surface area contributed by atoms with Crippen molar-refractivity contribution in [1.82, 2.24) is 15.6 Å². The summed E-state index contributed by atoms with van der Waals surface area (Å²) in [5.41, 5.74) is 1.41. The van der Waals surface area contributed by atoms with Gasteiger partial charge in [-0.25, -0.2) is 4.98 Å². The Morgan fingerprint density at radius 1 is 1.33 bits per heavy atom. The lowest BCUT2D eigenvalue weighted by Crippen LogP contribution is -2.31. The molecule has 0 atom stereocenters. The Balaban J connectivity index is 2.18. The largest absolute Gasteiger partial charge is 0.495 e. The maximum atomic E-state index is 12.1. The zero-order valence-electron chi connectivity index (χ0n) is 13.8. The second-order valence-electron chi connectivity index (χ2n) is 4.92. The van der Waals surface area contributed by atoms with Crippen LogP contribution in [0.5, 0.6) is 5.75 Å². The van der Waals surface area contributed by atoms with Gasteiger partial charge < -0.3 is 15.4 Å². The summed E-state index contributed by atoms with van der Waals surface area (Å²) in [7, 11) is 3.15. The molecule has 0 fully saturated rings. The number of aromatic nitrogens is 1. The van der Waals surface area contributed by atoms with Crippen LogP contribution < -0.4 is 20.3 Å². The van der Waals surface area contributed by atoms with E-state index in [0.29, 0.717) is 23.1 Å². The number of nitrogens with one attached hydrogen (secondary N) is 2. The van der Waals surface area contributed by atoms with Crippen molar-refractivity contribution in [3.05, 3.63) is 35.3 Å². The van der Waals surface area contributed by atoms with E-state index in [4.69, 9.17) is 4.74 Å². The second kappa shape index (κ2) is 8.42. The number of methoxy groups -OCH3 is 1. The smallest absolute Gasteiger partial charge is 0.233 e. The number of thiazole rings is 1. The van der Waals surface area contributed by atoms with Crippen molar-refractivity contribution >= 4 is 34.0 Å². The van der Waals surface area contributed by atoms with E-state index in [-0.39, 0.29) is 18.4 Å². The lowest BCUT2D eigenvalue weighted by molar-refractivity contribution is -0.119. The van der Waals surface area contributed by atoms with Gasteiger partial charge in [-0.3, -0.25) is 14.5 Å². The van der Waals surface area contributed by atoms with Crippen LogP contribution in [0.3, 0.4) is 0 Å². The highest BCUT2D eigenvalue weighted by Crippen LogP contribution is 2.35. The van der Waals surface area contributed by atoms with Crippen LogP contribution in [0.2, 0.25) is 0 Å². The van der Waals surface area contributed by atoms with Gasteiger partial charge in [0.05, 0.1) is 25.0 Å². The van der Waals surface area contributed by atoms with E-state index in [0.717, 1.165) is 5.69 Å². The minimum Gasteiger partial charge on any atom is -0.495 e. The van der Waals surface area contributed by atoms with Gasteiger partial charge in [0.25, 0.3) is 0 Å². The Hall–Kier alpha value is -2.45. The van der Waals surface area contributed by atoms with Crippen LogP contribution in [0.15, 0.2) is 29.6 Å². The predicted octanol–water partition coefficient (Wildman–Crippen LogP) is 1.67. The van der Waals surface area contributed by atoms with Gasteiger partial charge in [0.1, 0.15) is 5.75 Å². The molecule has 0 unspecified atom stereocenters. The summed E-state index contributed by atoms with van der Waals surface area (Å²) in [6.45, 7) is 2.14. The number of carbonyl (C=O) groups excluding carboxylic acids is 2. The number of anilines is 2. The molecule has 0 spiro atoms. The van der Waals surface area contributed by atoms with Crippen molar-refractivity contribution < 1.29 is 14.3 Å². The standard InChI is InChI=1S/C16H20N4O3S/c1-11(21)20(13-6-4-5-7-14(13)23-3)16-19-12(10-24-16)8-18-9-15(22)17-2/h4-7,10,18H,8-9H2,1-3H3,(H,17,22). The molecule has 7 nitrogen and oxygen atoms in total. The van der Waals surface area contributed by atoms with Crippen molar-refractivity contribution in [1.29, 1.82) is 0 Å². The molecule has 8 heteroatoms. The van der Waals surface area contributed by atoms with Crippen molar-refractivity contribution in [2.24, 2.45) is 0 Å². The molecule has 1 heterocycles. The molecule has 1 aromatic heterocycles. The lowest BCUT2D eigenvalue weighted by atomic mass is 10.2. The summed E-state index contributed by atoms with van der Waals surface area (Å²) in [4.78, 5) is 29.3. The zero-order valence-corrected chi connectivity index (χ0v) is 14.6. The molecule has 128 valence electrons. The van der Waals surface area contributed by atoms with E-state index in [1.165, 1.54) is 23.2 Å². The minimum absolute atomic E-state index is 0.0927. The molecule has 24 heavy (non-hydrogen) atoms. The van der Waals surface area contributed by atoms with Gasteiger partial charge in [0.2, 0.25) is 11.8 Å². The number of carbonyl (C=O) groups is 2. The number of amides is 2. The fourth-order valence-corrected chi connectivity index (χ4v) is 2.97. The third-order valence-electron chi connectivity index (χ3n) is 3.24. The van der Waals surface area contributed by atoms with Crippen LogP contribution in [0.1, 0.15) is 12.6 Å². The summed E-state index contributed by atoms with van der Waals surface area (Å²) in [6, 6.07) is 7.29. The van der Waals surface area contributed by atoms with Crippen LogP contribution in [0, 0.1) is 0 Å². The van der Waals surface area contributed by atoms with Crippen LogP contribution in [-0.2, 0) is 16.1 Å². The summed E-state index contributed by atoms with van der Waals surface area (Å²) in [5.74, 6) is 0.353. The van der Waals surface area contributed by atoms with Gasteiger partial charge in [-0.15, -0.1) is 11.3 Å². The highest BCUT2D eigenvalue weighted by molar-refractivity contribution is 7.14. The zero-order chi connectivity index (χ0) is 17.5. The Kier molecular flexibility index (Phi) is 6.28.